The van der Waals surface area contributed by atoms with Gasteiger partial charge in [0.25, 0.3) is 0 Å². The van der Waals surface area contributed by atoms with Gasteiger partial charge in [-0.05, 0) is 37.2 Å². The minimum absolute atomic E-state index is 0.0217. The number of unbranched alkanes of at least 4 members (excludes halogenated alkanes) is 4. The van der Waals surface area contributed by atoms with Gasteiger partial charge in [-0.2, -0.15) is 0 Å². The molecule has 2 N–H and O–H groups in total. The number of rotatable bonds is 13. The predicted octanol–water partition coefficient (Wildman–Crippen LogP) is 3.21. The Hall–Kier alpha value is -1.59. The second-order valence-corrected chi connectivity index (χ2v) is 5.50. The van der Waals surface area contributed by atoms with Crippen LogP contribution in [0.1, 0.15) is 39.0 Å². The number of amides is 1. The molecule has 0 aliphatic carbocycles. The van der Waals surface area contributed by atoms with Gasteiger partial charge in [0.1, 0.15) is 12.4 Å². The zero-order valence-electron chi connectivity index (χ0n) is 14.4. The van der Waals surface area contributed by atoms with Crippen molar-refractivity contribution in [2.45, 2.75) is 39.0 Å². The van der Waals surface area contributed by atoms with Crippen molar-refractivity contribution in [3.63, 3.8) is 0 Å². The summed E-state index contributed by atoms with van der Waals surface area (Å²) in [6.45, 7) is 4.52. The van der Waals surface area contributed by atoms with Crippen molar-refractivity contribution >= 4 is 11.6 Å². The van der Waals surface area contributed by atoms with Gasteiger partial charge in [0.2, 0.25) is 5.91 Å². The molecule has 0 radical (unpaired) electrons. The Balaban J connectivity index is 2.14. The monoisotopic (exact) mass is 322 g/mol. The van der Waals surface area contributed by atoms with Crippen LogP contribution in [0.3, 0.4) is 0 Å². The van der Waals surface area contributed by atoms with Gasteiger partial charge in [-0.25, -0.2) is 0 Å². The van der Waals surface area contributed by atoms with Crippen LogP contribution in [0.4, 0.5) is 5.69 Å². The molecule has 0 bridgehead atoms. The van der Waals surface area contributed by atoms with Crippen LogP contribution in [0.5, 0.6) is 5.75 Å². The largest absolute Gasteiger partial charge is 0.491 e. The Morgan fingerprint density at radius 1 is 1.04 bits per heavy atom. The number of benzene rings is 1. The number of carbonyl (C=O) groups excluding carboxylic acids is 1. The van der Waals surface area contributed by atoms with E-state index in [0.29, 0.717) is 19.8 Å². The van der Waals surface area contributed by atoms with Gasteiger partial charge in [0, 0.05) is 12.8 Å². The van der Waals surface area contributed by atoms with Crippen molar-refractivity contribution in [2.75, 3.05) is 38.7 Å². The molecule has 0 saturated carbocycles. The molecular formula is C18H30N2O3. The summed E-state index contributed by atoms with van der Waals surface area (Å²) in [5.74, 6) is 0.747. The first-order valence-corrected chi connectivity index (χ1v) is 8.48. The molecule has 5 nitrogen and oxygen atoms in total. The maximum Gasteiger partial charge on any atom is 0.238 e. The fourth-order valence-electron chi connectivity index (χ4n) is 2.14. The molecule has 0 atom stereocenters. The molecule has 0 saturated heterocycles. The van der Waals surface area contributed by atoms with E-state index in [2.05, 4.69) is 17.6 Å². The first kappa shape index (κ1) is 19.5. The maximum absolute atomic E-state index is 11.8. The van der Waals surface area contributed by atoms with Crippen LogP contribution in [0.2, 0.25) is 0 Å². The lowest BCUT2D eigenvalue weighted by Crippen LogP contribution is -2.28. The van der Waals surface area contributed by atoms with E-state index in [-0.39, 0.29) is 5.91 Å². The highest BCUT2D eigenvalue weighted by atomic mass is 16.5. The lowest BCUT2D eigenvalue weighted by atomic mass is 10.1. The Labute approximate surface area is 139 Å². The van der Waals surface area contributed by atoms with E-state index < -0.39 is 0 Å². The molecule has 5 heteroatoms. The van der Waals surface area contributed by atoms with Crippen molar-refractivity contribution < 1.29 is 14.3 Å². The molecule has 1 aromatic carbocycles. The van der Waals surface area contributed by atoms with Gasteiger partial charge < -0.3 is 20.1 Å². The fourth-order valence-corrected chi connectivity index (χ4v) is 2.14. The van der Waals surface area contributed by atoms with Gasteiger partial charge in [-0.3, -0.25) is 4.79 Å². The molecule has 0 spiro atoms. The first-order valence-electron chi connectivity index (χ1n) is 8.48. The number of hydrogen-bond donors (Lipinski definition) is 2. The number of nitrogens with one attached hydrogen (secondary N) is 2. The first-order chi connectivity index (χ1) is 11.3. The van der Waals surface area contributed by atoms with Crippen LogP contribution in [0.25, 0.3) is 0 Å². The molecule has 0 aromatic heterocycles. The zero-order chi connectivity index (χ0) is 16.8. The van der Waals surface area contributed by atoms with E-state index in [1.165, 1.54) is 25.7 Å². The standard InChI is InChI=1S/C18H30N2O3/c1-3-4-5-6-7-12-19-15-18(21)20-16-8-10-17(11-9-16)23-14-13-22-2/h8-11,19H,3-7,12-15H2,1-2H3,(H,20,21). The third kappa shape index (κ3) is 9.92. The van der Waals surface area contributed by atoms with Crippen molar-refractivity contribution in [3.8, 4) is 5.75 Å². The van der Waals surface area contributed by atoms with E-state index >= 15 is 0 Å². The van der Waals surface area contributed by atoms with Crippen molar-refractivity contribution in [1.29, 1.82) is 0 Å². The van der Waals surface area contributed by atoms with Crippen molar-refractivity contribution in [1.82, 2.24) is 5.32 Å². The van der Waals surface area contributed by atoms with Crippen molar-refractivity contribution in [2.24, 2.45) is 0 Å². The molecule has 23 heavy (non-hydrogen) atoms. The summed E-state index contributed by atoms with van der Waals surface area (Å²) < 4.78 is 10.4. The summed E-state index contributed by atoms with van der Waals surface area (Å²) >= 11 is 0. The maximum atomic E-state index is 11.8. The summed E-state index contributed by atoms with van der Waals surface area (Å²) in [6, 6.07) is 7.36. The van der Waals surface area contributed by atoms with E-state index in [9.17, 15) is 4.79 Å². The molecule has 0 unspecified atom stereocenters. The van der Waals surface area contributed by atoms with Crippen LogP contribution in [0.15, 0.2) is 24.3 Å². The quantitative estimate of drug-likeness (QED) is 0.548. The average molecular weight is 322 g/mol. The SMILES string of the molecule is CCCCCCCNCC(=O)Nc1ccc(OCCOC)cc1. The summed E-state index contributed by atoms with van der Waals surface area (Å²) in [5, 5.41) is 6.04. The van der Waals surface area contributed by atoms with Crippen LogP contribution < -0.4 is 15.4 Å². The molecule has 1 rings (SSSR count). The zero-order valence-corrected chi connectivity index (χ0v) is 14.4. The molecule has 0 aliphatic heterocycles. The van der Waals surface area contributed by atoms with Crippen LogP contribution in [0, 0.1) is 0 Å². The Morgan fingerprint density at radius 2 is 1.78 bits per heavy atom. The van der Waals surface area contributed by atoms with Gasteiger partial charge >= 0.3 is 0 Å². The fraction of sp³-hybridized carbons (Fsp3) is 0.611. The highest BCUT2D eigenvalue weighted by molar-refractivity contribution is 5.92. The van der Waals surface area contributed by atoms with Crippen LogP contribution >= 0.6 is 0 Å². The van der Waals surface area contributed by atoms with Gasteiger partial charge in [-0.15, -0.1) is 0 Å². The minimum Gasteiger partial charge on any atom is -0.491 e. The summed E-state index contributed by atoms with van der Waals surface area (Å²) in [7, 11) is 1.64. The minimum atomic E-state index is -0.0217. The normalized spacial score (nSPS) is 10.5. The molecule has 0 fully saturated rings. The Bertz CT molecular complexity index is 421. The van der Waals surface area contributed by atoms with Crippen LogP contribution in [-0.4, -0.2) is 39.3 Å². The smallest absolute Gasteiger partial charge is 0.238 e. The van der Waals surface area contributed by atoms with Crippen molar-refractivity contribution in [3.05, 3.63) is 24.3 Å². The van der Waals surface area contributed by atoms with Gasteiger partial charge in [0.15, 0.2) is 0 Å². The van der Waals surface area contributed by atoms with E-state index in [1.54, 1.807) is 7.11 Å². The Morgan fingerprint density at radius 3 is 2.48 bits per heavy atom. The van der Waals surface area contributed by atoms with E-state index in [4.69, 9.17) is 9.47 Å². The van der Waals surface area contributed by atoms with Crippen LogP contribution in [-0.2, 0) is 9.53 Å². The highest BCUT2D eigenvalue weighted by Crippen LogP contribution is 2.15. The number of anilines is 1. The third-order valence-electron chi connectivity index (χ3n) is 3.44. The second-order valence-electron chi connectivity index (χ2n) is 5.50. The summed E-state index contributed by atoms with van der Waals surface area (Å²) in [6.07, 6.45) is 6.19. The Kier molecular flexibility index (Phi) is 10.9. The second kappa shape index (κ2) is 12.9. The topological polar surface area (TPSA) is 59.6 Å². The van der Waals surface area contributed by atoms with Gasteiger partial charge in [0.05, 0.1) is 13.2 Å². The highest BCUT2D eigenvalue weighted by Gasteiger charge is 2.02. The molecular weight excluding hydrogens is 292 g/mol. The molecule has 0 heterocycles. The molecule has 0 aliphatic rings. The third-order valence-corrected chi connectivity index (χ3v) is 3.44. The summed E-state index contributed by atoms with van der Waals surface area (Å²) in [5.41, 5.74) is 0.777. The molecule has 1 aromatic rings. The lowest BCUT2D eigenvalue weighted by molar-refractivity contribution is -0.115. The van der Waals surface area contributed by atoms with E-state index in [1.807, 2.05) is 24.3 Å². The molecule has 130 valence electrons. The summed E-state index contributed by atoms with van der Waals surface area (Å²) in [4.78, 5) is 11.8. The number of ether oxygens (including phenoxy) is 2. The van der Waals surface area contributed by atoms with Gasteiger partial charge in [-0.1, -0.05) is 32.6 Å². The average Bonchev–Trinajstić information content (AvgIpc) is 2.56. The molecule has 1 amide bonds. The number of carbonyl (C=O) groups is 1. The lowest BCUT2D eigenvalue weighted by Gasteiger charge is -2.09. The van der Waals surface area contributed by atoms with E-state index in [0.717, 1.165) is 24.4 Å². The number of hydrogen-bond acceptors (Lipinski definition) is 4. The number of methoxy groups -OCH3 is 1. The predicted molar refractivity (Wildman–Crippen MR) is 94.1 cm³/mol.